The second kappa shape index (κ2) is 22.0. The van der Waals surface area contributed by atoms with Crippen molar-refractivity contribution in [3.8, 4) is 0 Å². The van der Waals surface area contributed by atoms with Gasteiger partial charge in [0.05, 0.1) is 24.3 Å². The molecule has 0 aliphatic rings. The molecular weight excluding hydrogens is 498 g/mol. The second-order valence-electron chi connectivity index (χ2n) is 9.83. The summed E-state index contributed by atoms with van der Waals surface area (Å²) in [5.41, 5.74) is -1.08. The molecule has 0 aromatic carbocycles. The third-order valence-electron chi connectivity index (χ3n) is 5.41. The molecule has 0 aliphatic heterocycles. The summed E-state index contributed by atoms with van der Waals surface area (Å²) in [6, 6.07) is 0. The van der Waals surface area contributed by atoms with Gasteiger partial charge < -0.3 is 10.2 Å². The standard InChI is InChI=1S/C27H50NO6S2/c1-5-6-7-8-9-10-11-12-13-14-15-16-17-18-19-20-22-33-34-25(2)35-23-21-26(29)28-27(3,4)24-36(30,31)32/h12-13,21H,2,5-11,14-20,22-24H2,1,3-4H3,(H,28,29)(H,30,31,32)/b13-12+. The lowest BCUT2D eigenvalue weighted by molar-refractivity contribution is -0.253. The number of nitrogens with one attached hydrogen (secondary N) is 1. The van der Waals surface area contributed by atoms with Crippen LogP contribution in [0.15, 0.2) is 23.8 Å². The van der Waals surface area contributed by atoms with Crippen LogP contribution in [0.2, 0.25) is 0 Å². The normalized spacial score (nSPS) is 12.2. The van der Waals surface area contributed by atoms with Gasteiger partial charge in [0.25, 0.3) is 10.1 Å². The largest absolute Gasteiger partial charge is 0.350 e. The van der Waals surface area contributed by atoms with Crippen LogP contribution in [0.1, 0.15) is 111 Å². The highest BCUT2D eigenvalue weighted by Crippen LogP contribution is 2.17. The van der Waals surface area contributed by atoms with Gasteiger partial charge in [0.1, 0.15) is 0 Å². The predicted octanol–water partition coefficient (Wildman–Crippen LogP) is 7.16. The van der Waals surface area contributed by atoms with Gasteiger partial charge in [-0.05, 0) is 52.5 Å². The maximum absolute atomic E-state index is 11.9. The van der Waals surface area contributed by atoms with Crippen molar-refractivity contribution in [1.82, 2.24) is 5.32 Å². The van der Waals surface area contributed by atoms with E-state index in [0.29, 0.717) is 17.5 Å². The van der Waals surface area contributed by atoms with Crippen LogP contribution in [0.4, 0.5) is 0 Å². The zero-order chi connectivity index (χ0) is 27.1. The molecule has 0 saturated carbocycles. The lowest BCUT2D eigenvalue weighted by Gasteiger charge is -2.24. The fourth-order valence-electron chi connectivity index (χ4n) is 3.63. The van der Waals surface area contributed by atoms with Crippen molar-refractivity contribution < 1.29 is 27.5 Å². The van der Waals surface area contributed by atoms with Crippen molar-refractivity contribution in [2.75, 3.05) is 18.1 Å². The molecule has 2 N–H and O–H groups in total. The van der Waals surface area contributed by atoms with Crippen LogP contribution in [0.3, 0.4) is 0 Å². The van der Waals surface area contributed by atoms with E-state index in [2.05, 4.69) is 31.0 Å². The molecule has 0 rings (SSSR count). The summed E-state index contributed by atoms with van der Waals surface area (Å²) in [6.07, 6.45) is 23.6. The van der Waals surface area contributed by atoms with E-state index >= 15 is 0 Å². The van der Waals surface area contributed by atoms with E-state index in [1.165, 1.54) is 109 Å². The summed E-state index contributed by atoms with van der Waals surface area (Å²) < 4.78 is 30.9. The number of unbranched alkanes of at least 4 members (excludes halogenated alkanes) is 12. The molecule has 0 aliphatic carbocycles. The first-order chi connectivity index (χ1) is 17.1. The molecular formula is C27H50NO6S2. The Morgan fingerprint density at radius 2 is 1.47 bits per heavy atom. The van der Waals surface area contributed by atoms with E-state index in [9.17, 15) is 13.2 Å². The van der Waals surface area contributed by atoms with Crippen LogP contribution in [0.25, 0.3) is 0 Å². The Morgan fingerprint density at radius 1 is 0.944 bits per heavy atom. The summed E-state index contributed by atoms with van der Waals surface area (Å²) in [4.78, 5) is 22.2. The highest BCUT2D eigenvalue weighted by atomic mass is 32.2. The van der Waals surface area contributed by atoms with E-state index < -0.39 is 27.3 Å². The first kappa shape index (κ1) is 35.0. The van der Waals surface area contributed by atoms with Gasteiger partial charge in [-0.15, -0.1) is 0 Å². The van der Waals surface area contributed by atoms with Crippen LogP contribution < -0.4 is 5.32 Å². The van der Waals surface area contributed by atoms with E-state index in [1.807, 2.05) is 0 Å². The maximum Gasteiger partial charge on any atom is 0.267 e. The molecule has 0 aromatic heterocycles. The summed E-state index contributed by atoms with van der Waals surface area (Å²) >= 11 is 1.20. The summed E-state index contributed by atoms with van der Waals surface area (Å²) in [6.45, 7) is 9.52. The van der Waals surface area contributed by atoms with Gasteiger partial charge >= 0.3 is 0 Å². The number of carbonyl (C=O) groups is 1. The van der Waals surface area contributed by atoms with Gasteiger partial charge in [-0.25, -0.2) is 0 Å². The van der Waals surface area contributed by atoms with Crippen molar-refractivity contribution in [2.45, 2.75) is 116 Å². The molecule has 1 amide bonds. The molecule has 0 saturated heterocycles. The summed E-state index contributed by atoms with van der Waals surface area (Å²) in [7, 11) is -4.18. The van der Waals surface area contributed by atoms with Crippen molar-refractivity contribution in [3.05, 3.63) is 30.2 Å². The number of amides is 1. The summed E-state index contributed by atoms with van der Waals surface area (Å²) in [5.74, 6) is -0.703. The molecule has 0 fully saturated rings. The minimum Gasteiger partial charge on any atom is -0.350 e. The monoisotopic (exact) mass is 548 g/mol. The smallest absolute Gasteiger partial charge is 0.267 e. The lowest BCUT2D eigenvalue weighted by Crippen LogP contribution is -2.48. The zero-order valence-electron chi connectivity index (χ0n) is 22.8. The minimum absolute atomic E-state index is 0.296. The predicted molar refractivity (Wildman–Crippen MR) is 151 cm³/mol. The third-order valence-corrected chi connectivity index (χ3v) is 7.22. The van der Waals surface area contributed by atoms with Gasteiger partial charge in [-0.3, -0.25) is 9.35 Å². The molecule has 36 heavy (non-hydrogen) atoms. The number of hydrogen-bond acceptors (Lipinski definition) is 6. The van der Waals surface area contributed by atoms with E-state index in [0.717, 1.165) is 12.8 Å². The molecule has 0 heterocycles. The quantitative estimate of drug-likeness (QED) is 0.0311. The van der Waals surface area contributed by atoms with E-state index in [4.69, 9.17) is 14.3 Å². The highest BCUT2D eigenvalue weighted by molar-refractivity contribution is 8.02. The third kappa shape index (κ3) is 26.0. The van der Waals surface area contributed by atoms with Gasteiger partial charge in [0.2, 0.25) is 5.91 Å². The van der Waals surface area contributed by atoms with E-state index in [1.54, 1.807) is 0 Å². The van der Waals surface area contributed by atoms with Crippen LogP contribution in [0, 0.1) is 6.42 Å². The fourth-order valence-corrected chi connectivity index (χ4v) is 5.13. The van der Waals surface area contributed by atoms with Gasteiger partial charge in [-0.2, -0.15) is 13.3 Å². The minimum atomic E-state index is -4.18. The average Bonchev–Trinajstić information content (AvgIpc) is 2.76. The number of carbonyl (C=O) groups excluding carboxylic acids is 1. The first-order valence-corrected chi connectivity index (χ1v) is 16.0. The molecule has 1 radical (unpaired) electrons. The molecule has 7 nitrogen and oxygen atoms in total. The number of allylic oxidation sites excluding steroid dienone is 2. The number of rotatable bonds is 25. The fraction of sp³-hybridized carbons (Fsp3) is 0.778. The average molecular weight is 549 g/mol. The van der Waals surface area contributed by atoms with Crippen molar-refractivity contribution >= 4 is 27.8 Å². The molecule has 0 bridgehead atoms. The molecule has 211 valence electrons. The topological polar surface area (TPSA) is 102 Å². The van der Waals surface area contributed by atoms with Crippen molar-refractivity contribution in [3.63, 3.8) is 0 Å². The SMILES string of the molecule is C=C(OOCCCCCCCC/C=C/CCCCCCCC)SC[CH]C(=O)NC(C)(C)CS(=O)(=O)O. The maximum atomic E-state index is 11.9. The Labute approximate surface area is 224 Å². The van der Waals surface area contributed by atoms with Crippen molar-refractivity contribution in [2.24, 2.45) is 0 Å². The van der Waals surface area contributed by atoms with E-state index in [-0.39, 0.29) is 0 Å². The molecule has 0 unspecified atom stereocenters. The lowest BCUT2D eigenvalue weighted by atomic mass is 10.1. The second-order valence-corrected chi connectivity index (χ2v) is 12.4. The molecule has 9 heteroatoms. The van der Waals surface area contributed by atoms with Crippen LogP contribution in [-0.4, -0.2) is 42.5 Å². The Balaban J connectivity index is 3.49. The molecule has 0 aromatic rings. The Morgan fingerprint density at radius 3 is 2.03 bits per heavy atom. The Hall–Kier alpha value is -1.03. The first-order valence-electron chi connectivity index (χ1n) is 13.4. The zero-order valence-corrected chi connectivity index (χ0v) is 24.4. The van der Waals surface area contributed by atoms with Crippen LogP contribution in [0.5, 0.6) is 0 Å². The highest BCUT2D eigenvalue weighted by Gasteiger charge is 2.26. The number of hydrogen-bond donors (Lipinski definition) is 2. The van der Waals surface area contributed by atoms with Gasteiger partial charge in [-0.1, -0.05) is 88.6 Å². The summed E-state index contributed by atoms with van der Waals surface area (Å²) in [5, 5.41) is 2.89. The van der Waals surface area contributed by atoms with Crippen LogP contribution >= 0.6 is 11.8 Å². The van der Waals surface area contributed by atoms with Crippen molar-refractivity contribution in [1.29, 1.82) is 0 Å². The van der Waals surface area contributed by atoms with Gasteiger partial charge in [0.15, 0.2) is 5.09 Å². The Bertz CT molecular complexity index is 707. The Kier molecular flexibility index (Phi) is 21.4. The van der Waals surface area contributed by atoms with Crippen LogP contribution in [-0.2, 0) is 24.7 Å². The van der Waals surface area contributed by atoms with Gasteiger partial charge in [0, 0.05) is 5.75 Å². The molecule has 0 spiro atoms. The molecule has 0 atom stereocenters. The number of thioether (sulfide) groups is 1.